The molecular weight excluding hydrogens is 164 g/mol. The fraction of sp³-hybridized carbons (Fsp3) is 1.00. The topological polar surface area (TPSA) is 35.5 Å². The first kappa shape index (κ1) is 9.44. The minimum atomic E-state index is -0.0367. The Bertz CT molecular complexity index is 183. The Kier molecular flexibility index (Phi) is 2.34. The third kappa shape index (κ3) is 1.60. The molecule has 13 heavy (non-hydrogen) atoms. The minimum Gasteiger partial charge on any atom is -0.393 e. The Morgan fingerprint density at radius 3 is 2.62 bits per heavy atom. The van der Waals surface area contributed by atoms with E-state index < -0.39 is 0 Å². The fourth-order valence-electron chi connectivity index (χ4n) is 2.42. The molecule has 1 unspecified atom stereocenters. The molecule has 0 amide bonds. The number of likely N-dealkylation sites (N-methyl/N-ethyl adjacent to an activating group) is 1. The molecule has 0 aromatic heterocycles. The van der Waals surface area contributed by atoms with Crippen LogP contribution >= 0.6 is 0 Å². The molecule has 1 saturated carbocycles. The lowest BCUT2D eigenvalue weighted by Crippen LogP contribution is -2.56. The molecule has 2 aliphatic rings. The van der Waals surface area contributed by atoms with Crippen molar-refractivity contribution in [1.29, 1.82) is 0 Å². The van der Waals surface area contributed by atoms with E-state index in [0.29, 0.717) is 11.6 Å². The van der Waals surface area contributed by atoms with E-state index in [0.717, 1.165) is 25.9 Å². The molecule has 1 aliphatic carbocycles. The highest BCUT2D eigenvalue weighted by atomic mass is 16.3. The second-order valence-corrected chi connectivity index (χ2v) is 4.81. The summed E-state index contributed by atoms with van der Waals surface area (Å²) in [5.41, 5.74) is 0.324. The zero-order valence-corrected chi connectivity index (χ0v) is 8.58. The van der Waals surface area contributed by atoms with Gasteiger partial charge in [-0.25, -0.2) is 0 Å². The smallest absolute Gasteiger partial charge is 0.0570 e. The Labute approximate surface area is 80.1 Å². The maximum atomic E-state index is 9.25. The summed E-state index contributed by atoms with van der Waals surface area (Å²) in [6.45, 7) is 4.55. The number of rotatable bonds is 2. The van der Waals surface area contributed by atoms with E-state index in [-0.39, 0.29) is 6.10 Å². The summed E-state index contributed by atoms with van der Waals surface area (Å²) < 4.78 is 0. The van der Waals surface area contributed by atoms with Crippen LogP contribution in [0.3, 0.4) is 0 Å². The van der Waals surface area contributed by atoms with Crippen molar-refractivity contribution in [2.75, 3.05) is 20.1 Å². The van der Waals surface area contributed by atoms with Gasteiger partial charge in [0.15, 0.2) is 0 Å². The Hall–Kier alpha value is -0.120. The molecule has 1 atom stereocenters. The van der Waals surface area contributed by atoms with Crippen LogP contribution in [0.25, 0.3) is 0 Å². The van der Waals surface area contributed by atoms with Crippen molar-refractivity contribution in [2.45, 2.75) is 43.9 Å². The lowest BCUT2D eigenvalue weighted by Gasteiger charge is -2.46. The highest BCUT2D eigenvalue weighted by Gasteiger charge is 2.40. The van der Waals surface area contributed by atoms with Gasteiger partial charge >= 0.3 is 0 Å². The summed E-state index contributed by atoms with van der Waals surface area (Å²) in [5.74, 6) is 0. The van der Waals surface area contributed by atoms with Gasteiger partial charge in [0.2, 0.25) is 0 Å². The molecule has 0 aromatic rings. The molecule has 76 valence electrons. The van der Waals surface area contributed by atoms with E-state index >= 15 is 0 Å². The molecule has 1 heterocycles. The van der Waals surface area contributed by atoms with E-state index in [2.05, 4.69) is 24.2 Å². The van der Waals surface area contributed by atoms with Crippen LogP contribution in [-0.4, -0.2) is 47.8 Å². The van der Waals surface area contributed by atoms with Gasteiger partial charge in [-0.1, -0.05) is 0 Å². The minimum absolute atomic E-state index is 0.0367. The number of aliphatic hydroxyl groups excluding tert-OH is 1. The van der Waals surface area contributed by atoms with Crippen molar-refractivity contribution >= 4 is 0 Å². The number of nitrogens with one attached hydrogen (secondary N) is 1. The van der Waals surface area contributed by atoms with E-state index in [1.165, 1.54) is 6.42 Å². The first-order valence-electron chi connectivity index (χ1n) is 5.23. The van der Waals surface area contributed by atoms with Crippen LogP contribution in [0.15, 0.2) is 0 Å². The third-order valence-corrected chi connectivity index (χ3v) is 3.83. The molecule has 0 bridgehead atoms. The monoisotopic (exact) mass is 184 g/mol. The van der Waals surface area contributed by atoms with Crippen LogP contribution in [0, 0.1) is 0 Å². The van der Waals surface area contributed by atoms with Gasteiger partial charge in [0, 0.05) is 18.1 Å². The summed E-state index contributed by atoms with van der Waals surface area (Å²) in [4.78, 5) is 2.46. The Morgan fingerprint density at radius 2 is 2.15 bits per heavy atom. The van der Waals surface area contributed by atoms with Gasteiger partial charge in [-0.2, -0.15) is 0 Å². The normalized spacial score (nSPS) is 45.2. The molecule has 2 fully saturated rings. The summed E-state index contributed by atoms with van der Waals surface area (Å²) in [7, 11) is 2.20. The predicted octanol–water partition coefficient (Wildman–Crippen LogP) is 0.194. The lowest BCUT2D eigenvalue weighted by atomic mass is 9.84. The van der Waals surface area contributed by atoms with Gasteiger partial charge in [0.25, 0.3) is 0 Å². The van der Waals surface area contributed by atoms with Crippen molar-refractivity contribution in [2.24, 2.45) is 0 Å². The van der Waals surface area contributed by atoms with Crippen molar-refractivity contribution in [1.82, 2.24) is 10.2 Å². The van der Waals surface area contributed by atoms with Gasteiger partial charge in [-0.05, 0) is 39.8 Å². The van der Waals surface area contributed by atoms with E-state index in [4.69, 9.17) is 0 Å². The van der Waals surface area contributed by atoms with Crippen LogP contribution in [0.2, 0.25) is 0 Å². The molecule has 0 aromatic carbocycles. The summed E-state index contributed by atoms with van der Waals surface area (Å²) in [6, 6.07) is 0.611. The molecule has 0 spiro atoms. The lowest BCUT2D eigenvalue weighted by molar-refractivity contribution is -0.0259. The number of hydrogen-bond acceptors (Lipinski definition) is 3. The second kappa shape index (κ2) is 3.23. The van der Waals surface area contributed by atoms with Gasteiger partial charge in [-0.15, -0.1) is 0 Å². The molecule has 2 N–H and O–H groups in total. The summed E-state index contributed by atoms with van der Waals surface area (Å²) in [6.07, 6.45) is 3.12. The molecule has 1 saturated heterocycles. The number of hydrogen-bond donors (Lipinski definition) is 2. The molecule has 2 rings (SSSR count). The van der Waals surface area contributed by atoms with Crippen molar-refractivity contribution < 1.29 is 5.11 Å². The van der Waals surface area contributed by atoms with Gasteiger partial charge in [-0.3, -0.25) is 4.90 Å². The zero-order chi connectivity index (χ0) is 9.47. The molecule has 0 radical (unpaired) electrons. The predicted molar refractivity (Wildman–Crippen MR) is 52.7 cm³/mol. The van der Waals surface area contributed by atoms with Crippen molar-refractivity contribution in [3.05, 3.63) is 0 Å². The quantitative estimate of drug-likeness (QED) is 0.643. The van der Waals surface area contributed by atoms with Crippen LogP contribution in [-0.2, 0) is 0 Å². The van der Waals surface area contributed by atoms with Crippen LogP contribution in [0.1, 0.15) is 26.2 Å². The number of nitrogens with zero attached hydrogens (tertiary/aromatic N) is 1. The van der Waals surface area contributed by atoms with Gasteiger partial charge < -0.3 is 10.4 Å². The molecule has 3 nitrogen and oxygen atoms in total. The Morgan fingerprint density at radius 1 is 1.46 bits per heavy atom. The van der Waals surface area contributed by atoms with E-state index in [1.54, 1.807) is 0 Å². The van der Waals surface area contributed by atoms with E-state index in [1.807, 2.05) is 0 Å². The van der Waals surface area contributed by atoms with Gasteiger partial charge in [0.05, 0.1) is 6.10 Å². The maximum Gasteiger partial charge on any atom is 0.0570 e. The zero-order valence-electron chi connectivity index (χ0n) is 8.58. The largest absolute Gasteiger partial charge is 0.393 e. The highest BCUT2D eigenvalue weighted by Crippen LogP contribution is 2.32. The second-order valence-electron chi connectivity index (χ2n) is 4.81. The highest BCUT2D eigenvalue weighted by molar-refractivity contribution is 4.98. The first-order chi connectivity index (χ1) is 6.12. The van der Waals surface area contributed by atoms with Crippen molar-refractivity contribution in [3.63, 3.8) is 0 Å². The molecular formula is C10H20N2O. The summed E-state index contributed by atoms with van der Waals surface area (Å²) in [5, 5.41) is 12.7. The van der Waals surface area contributed by atoms with Crippen LogP contribution in [0.5, 0.6) is 0 Å². The molecule has 3 heteroatoms. The van der Waals surface area contributed by atoms with Crippen LogP contribution in [0.4, 0.5) is 0 Å². The van der Waals surface area contributed by atoms with Crippen molar-refractivity contribution in [3.8, 4) is 0 Å². The Balaban J connectivity index is 1.92. The standard InChI is InChI=1S/C10H20N2O/c1-10(3-4-11-7-10)12(2)8-5-9(13)6-8/h8-9,11,13H,3-7H2,1-2H3. The molecule has 1 aliphatic heterocycles. The first-order valence-corrected chi connectivity index (χ1v) is 5.23. The average Bonchev–Trinajstić information content (AvgIpc) is 2.46. The third-order valence-electron chi connectivity index (χ3n) is 3.83. The van der Waals surface area contributed by atoms with Gasteiger partial charge in [0.1, 0.15) is 0 Å². The maximum absolute atomic E-state index is 9.25. The fourth-order valence-corrected chi connectivity index (χ4v) is 2.42. The number of aliphatic hydroxyl groups is 1. The summed E-state index contributed by atoms with van der Waals surface area (Å²) >= 11 is 0. The average molecular weight is 184 g/mol. The van der Waals surface area contributed by atoms with Crippen LogP contribution < -0.4 is 5.32 Å². The SMILES string of the molecule is CN(C1CC(O)C1)C1(C)CCNC1. The van der Waals surface area contributed by atoms with E-state index in [9.17, 15) is 5.11 Å².